The van der Waals surface area contributed by atoms with E-state index >= 15 is 0 Å². The Kier molecular flexibility index (Phi) is 6.81. The maximum absolute atomic E-state index is 12.7. The van der Waals surface area contributed by atoms with E-state index in [-0.39, 0.29) is 17.5 Å². The van der Waals surface area contributed by atoms with Gasteiger partial charge in [0.2, 0.25) is 0 Å². The number of nitrogens with one attached hydrogen (secondary N) is 1. The molecule has 2 atom stereocenters. The molecule has 2 aromatic rings. The summed E-state index contributed by atoms with van der Waals surface area (Å²) in [6.07, 6.45) is 8.06. The van der Waals surface area contributed by atoms with E-state index in [0.717, 1.165) is 24.8 Å². The summed E-state index contributed by atoms with van der Waals surface area (Å²) < 4.78 is 1.69. The molecule has 0 bridgehead atoms. The van der Waals surface area contributed by atoms with Gasteiger partial charge in [0.1, 0.15) is 11.6 Å². The minimum Gasteiger partial charge on any atom is -0.348 e. The van der Waals surface area contributed by atoms with E-state index in [2.05, 4.69) is 23.4 Å². The summed E-state index contributed by atoms with van der Waals surface area (Å²) >= 11 is 0. The first kappa shape index (κ1) is 20.4. The lowest BCUT2D eigenvalue weighted by Gasteiger charge is -2.29. The monoisotopic (exact) mass is 387 g/mol. The quantitative estimate of drug-likeness (QED) is 0.597. The molecule has 0 saturated heterocycles. The van der Waals surface area contributed by atoms with Gasteiger partial charge in [-0.2, -0.15) is 15.6 Å². The van der Waals surface area contributed by atoms with Gasteiger partial charge in [-0.15, -0.1) is 0 Å². The van der Waals surface area contributed by atoms with Crippen LogP contribution >= 0.6 is 0 Å². The maximum atomic E-state index is 12.7. The predicted molar refractivity (Wildman–Crippen MR) is 111 cm³/mol. The van der Waals surface area contributed by atoms with Gasteiger partial charge in [-0.3, -0.25) is 9.48 Å². The average molecular weight is 387 g/mol. The summed E-state index contributed by atoms with van der Waals surface area (Å²) in [5.41, 5.74) is 2.35. The minimum atomic E-state index is -0.338. The average Bonchev–Trinajstić information content (AvgIpc) is 3.15. The second-order valence-electron chi connectivity index (χ2n) is 7.48. The van der Waals surface area contributed by atoms with Crippen molar-refractivity contribution < 1.29 is 4.79 Å². The fourth-order valence-corrected chi connectivity index (χ4v) is 3.72. The van der Waals surface area contributed by atoms with Crippen molar-refractivity contribution in [2.45, 2.75) is 51.6 Å². The summed E-state index contributed by atoms with van der Waals surface area (Å²) in [5, 5.41) is 26.1. The number of carbonyl (C=O) groups is 1. The number of aryl methyl sites for hydroxylation is 1. The van der Waals surface area contributed by atoms with Crippen LogP contribution in [0.2, 0.25) is 0 Å². The Balaban J connectivity index is 1.89. The number of rotatable bonds is 6. The van der Waals surface area contributed by atoms with Crippen LogP contribution in [0, 0.1) is 28.6 Å². The highest BCUT2D eigenvalue weighted by atomic mass is 16.1. The molecule has 6 heteroatoms. The van der Waals surface area contributed by atoms with E-state index in [9.17, 15) is 10.1 Å². The van der Waals surface area contributed by atoms with E-state index in [4.69, 9.17) is 5.26 Å². The van der Waals surface area contributed by atoms with Gasteiger partial charge in [0, 0.05) is 23.4 Å². The second kappa shape index (κ2) is 9.71. The fraction of sp³-hybridized carbons (Fsp3) is 0.391. The van der Waals surface area contributed by atoms with Crippen LogP contribution in [0.15, 0.2) is 42.1 Å². The summed E-state index contributed by atoms with van der Waals surface area (Å²) in [5.74, 6) is 0.0799. The first-order valence-corrected chi connectivity index (χ1v) is 10.0. The Morgan fingerprint density at radius 2 is 2.03 bits per heavy atom. The molecule has 148 valence electrons. The smallest absolute Gasteiger partial charge is 0.262 e. The lowest BCUT2D eigenvalue weighted by molar-refractivity contribution is -0.118. The van der Waals surface area contributed by atoms with Crippen LogP contribution in [-0.2, 0) is 11.3 Å². The Bertz CT molecular complexity index is 961. The van der Waals surface area contributed by atoms with Crippen molar-refractivity contribution in [1.82, 2.24) is 15.1 Å². The third-order valence-electron chi connectivity index (χ3n) is 5.38. The molecule has 1 aliphatic rings. The van der Waals surface area contributed by atoms with Crippen LogP contribution in [0.4, 0.5) is 0 Å². The lowest BCUT2D eigenvalue weighted by Crippen LogP contribution is -2.41. The van der Waals surface area contributed by atoms with Crippen molar-refractivity contribution in [1.29, 1.82) is 10.5 Å². The van der Waals surface area contributed by atoms with Crippen LogP contribution < -0.4 is 5.32 Å². The zero-order valence-corrected chi connectivity index (χ0v) is 16.6. The highest BCUT2D eigenvalue weighted by Gasteiger charge is 2.24. The van der Waals surface area contributed by atoms with Gasteiger partial charge in [-0.25, -0.2) is 0 Å². The molecule has 0 aliphatic heterocycles. The third kappa shape index (κ3) is 5.12. The molecule has 0 spiro atoms. The van der Waals surface area contributed by atoms with E-state index in [0.29, 0.717) is 30.1 Å². The summed E-state index contributed by atoms with van der Waals surface area (Å²) in [6.45, 7) is 2.60. The fourth-order valence-electron chi connectivity index (χ4n) is 3.72. The summed E-state index contributed by atoms with van der Waals surface area (Å²) in [6, 6.07) is 13.9. The van der Waals surface area contributed by atoms with Gasteiger partial charge in [0.05, 0.1) is 24.7 Å². The number of hydrogen-bond donors (Lipinski definition) is 1. The molecule has 1 amide bonds. The molecule has 1 aromatic carbocycles. The molecule has 1 N–H and O–H groups in total. The van der Waals surface area contributed by atoms with Gasteiger partial charge < -0.3 is 5.32 Å². The first-order valence-electron chi connectivity index (χ1n) is 10.0. The molecule has 29 heavy (non-hydrogen) atoms. The van der Waals surface area contributed by atoms with Gasteiger partial charge >= 0.3 is 0 Å². The van der Waals surface area contributed by atoms with Crippen LogP contribution in [0.1, 0.15) is 44.6 Å². The van der Waals surface area contributed by atoms with E-state index in [1.54, 1.807) is 17.0 Å². The van der Waals surface area contributed by atoms with E-state index in [1.165, 1.54) is 6.42 Å². The number of nitrogens with zero attached hydrogens (tertiary/aromatic N) is 4. The maximum Gasteiger partial charge on any atom is 0.262 e. The highest BCUT2D eigenvalue weighted by molar-refractivity contribution is 6.02. The number of carbonyl (C=O) groups excluding carboxylic acids is 1. The third-order valence-corrected chi connectivity index (χ3v) is 5.38. The molecule has 1 aromatic heterocycles. The molecule has 1 heterocycles. The number of aromatic nitrogens is 2. The molecule has 3 rings (SSSR count). The van der Waals surface area contributed by atoms with Crippen molar-refractivity contribution in [3.8, 4) is 23.4 Å². The summed E-state index contributed by atoms with van der Waals surface area (Å²) in [4.78, 5) is 12.7. The first-order chi connectivity index (χ1) is 14.1. The number of nitriles is 2. The molecular formula is C23H25N5O. The Morgan fingerprint density at radius 1 is 1.28 bits per heavy atom. The predicted octanol–water partition coefficient (Wildman–Crippen LogP) is 4.07. The van der Waals surface area contributed by atoms with Crippen LogP contribution in [0.25, 0.3) is 17.3 Å². The van der Waals surface area contributed by atoms with Crippen molar-refractivity contribution in [2.24, 2.45) is 5.92 Å². The lowest BCUT2D eigenvalue weighted by atomic mass is 9.86. The molecule has 1 aliphatic carbocycles. The van der Waals surface area contributed by atoms with E-state index in [1.807, 2.05) is 36.4 Å². The Hall–Kier alpha value is -3.38. The van der Waals surface area contributed by atoms with Crippen LogP contribution in [0.5, 0.6) is 0 Å². The Morgan fingerprint density at radius 3 is 2.72 bits per heavy atom. The van der Waals surface area contributed by atoms with Crippen LogP contribution in [-0.4, -0.2) is 21.7 Å². The summed E-state index contributed by atoms with van der Waals surface area (Å²) in [7, 11) is 0. The van der Waals surface area contributed by atoms with Gasteiger partial charge in [-0.05, 0) is 24.8 Å². The minimum absolute atomic E-state index is 0.0692. The van der Waals surface area contributed by atoms with Gasteiger partial charge in [0.15, 0.2) is 0 Å². The molecular weight excluding hydrogens is 362 g/mol. The van der Waals surface area contributed by atoms with Gasteiger partial charge in [-0.1, -0.05) is 50.1 Å². The van der Waals surface area contributed by atoms with Crippen molar-refractivity contribution in [2.75, 3.05) is 0 Å². The normalized spacial score (nSPS) is 19.2. The molecule has 1 fully saturated rings. The molecule has 1 saturated carbocycles. The van der Waals surface area contributed by atoms with Crippen LogP contribution in [0.3, 0.4) is 0 Å². The van der Waals surface area contributed by atoms with Gasteiger partial charge in [0.25, 0.3) is 5.91 Å². The SMILES string of the molecule is C[C@H]1CCCC[C@H]1NC(=O)/C(C#N)=C/c1cn(CCC#N)nc1-c1ccccc1. The number of amides is 1. The number of benzene rings is 1. The van der Waals surface area contributed by atoms with E-state index < -0.39 is 0 Å². The zero-order valence-electron chi connectivity index (χ0n) is 16.6. The largest absolute Gasteiger partial charge is 0.348 e. The molecule has 6 nitrogen and oxygen atoms in total. The number of hydrogen-bond acceptors (Lipinski definition) is 4. The van der Waals surface area contributed by atoms with Crippen molar-refractivity contribution in [3.63, 3.8) is 0 Å². The molecule has 0 unspecified atom stereocenters. The second-order valence-corrected chi connectivity index (χ2v) is 7.48. The Labute approximate surface area is 171 Å². The standard InChI is InChI=1S/C23H25N5O/c1-17-8-5-6-11-21(17)26-23(29)19(15-25)14-20-16-28(13-7-12-24)27-22(20)18-9-3-2-4-10-18/h2-4,9-10,14,16-17,21H,5-8,11,13H2,1H3,(H,26,29)/b19-14+/t17-,21+/m0/s1. The highest BCUT2D eigenvalue weighted by Crippen LogP contribution is 2.26. The topological polar surface area (TPSA) is 94.5 Å². The van der Waals surface area contributed by atoms with Crippen molar-refractivity contribution >= 4 is 12.0 Å². The van der Waals surface area contributed by atoms with Crippen molar-refractivity contribution in [3.05, 3.63) is 47.7 Å². The zero-order chi connectivity index (χ0) is 20.6. The molecule has 0 radical (unpaired) electrons.